The van der Waals surface area contributed by atoms with Gasteiger partial charge in [-0.15, -0.1) is 0 Å². The molecule has 0 spiro atoms. The molecule has 8 nitrogen and oxygen atoms in total. The number of hydrogen-bond acceptors (Lipinski definition) is 5. The third-order valence-corrected chi connectivity index (χ3v) is 8.15. The molecule has 0 heterocycles. The molecule has 0 aliphatic rings. The van der Waals surface area contributed by atoms with E-state index in [2.05, 4.69) is 5.32 Å². The molecule has 0 bridgehead atoms. The maximum atomic E-state index is 13.9. The van der Waals surface area contributed by atoms with Gasteiger partial charge >= 0.3 is 0 Å². The first-order chi connectivity index (χ1) is 18.4. The second kappa shape index (κ2) is 13.0. The van der Waals surface area contributed by atoms with Crippen LogP contribution in [0.15, 0.2) is 77.7 Å². The molecule has 1 atom stereocenters. The molecule has 2 amide bonds. The average Bonchev–Trinajstić information content (AvgIpc) is 2.90. The fraction of sp³-hybridized carbons (Fsp3) is 0.310. The van der Waals surface area contributed by atoms with Crippen LogP contribution in [0.2, 0.25) is 5.02 Å². The number of nitrogens with one attached hydrogen (secondary N) is 1. The number of nitrogens with zero attached hydrogens (tertiary/aromatic N) is 2. The van der Waals surface area contributed by atoms with E-state index in [1.807, 2.05) is 20.8 Å². The molecule has 1 N–H and O–H groups in total. The minimum absolute atomic E-state index is 0.00687. The topological polar surface area (TPSA) is 96.0 Å². The van der Waals surface area contributed by atoms with E-state index in [9.17, 15) is 18.0 Å². The predicted molar refractivity (Wildman–Crippen MR) is 153 cm³/mol. The third-order valence-electron chi connectivity index (χ3n) is 6.11. The molecule has 39 heavy (non-hydrogen) atoms. The number of hydrogen-bond donors (Lipinski definition) is 1. The number of benzene rings is 3. The molecule has 3 aromatic rings. The molecular weight excluding hydrogens is 538 g/mol. The summed E-state index contributed by atoms with van der Waals surface area (Å²) in [7, 11) is -2.59. The Bertz CT molecular complexity index is 1380. The van der Waals surface area contributed by atoms with Crippen LogP contribution >= 0.6 is 11.6 Å². The number of aryl methyl sites for hydroxylation is 1. The smallest absolute Gasteiger partial charge is 0.264 e. The minimum atomic E-state index is -4.15. The lowest BCUT2D eigenvalue weighted by molar-refractivity contribution is -0.139. The zero-order chi connectivity index (χ0) is 28.7. The quantitative estimate of drug-likeness (QED) is 0.357. The van der Waals surface area contributed by atoms with Gasteiger partial charge in [0.2, 0.25) is 11.8 Å². The molecule has 208 valence electrons. The Balaban J connectivity index is 2.01. The summed E-state index contributed by atoms with van der Waals surface area (Å²) in [5, 5.41) is 3.23. The highest BCUT2D eigenvalue weighted by Gasteiger charge is 2.32. The van der Waals surface area contributed by atoms with Crippen molar-refractivity contribution >= 4 is 39.1 Å². The van der Waals surface area contributed by atoms with Crippen LogP contribution < -0.4 is 14.4 Å². The number of ether oxygens (including phenoxy) is 1. The number of carbonyl (C=O) groups is 2. The Labute approximate surface area is 235 Å². The van der Waals surface area contributed by atoms with Crippen molar-refractivity contribution in [1.82, 2.24) is 10.2 Å². The van der Waals surface area contributed by atoms with Crippen LogP contribution in [0, 0.1) is 6.92 Å². The van der Waals surface area contributed by atoms with Gasteiger partial charge in [0, 0.05) is 17.6 Å². The van der Waals surface area contributed by atoms with Gasteiger partial charge in [0.1, 0.15) is 18.3 Å². The average molecular weight is 572 g/mol. The van der Waals surface area contributed by atoms with Gasteiger partial charge in [0.25, 0.3) is 10.0 Å². The SMILES string of the molecule is COc1ccc(CN(C(=O)CN(c2ccc(C)cc2)S(=O)(=O)c2ccc(Cl)cc2)[C@@H](C)C(=O)NC(C)C)cc1. The Hall–Kier alpha value is -3.56. The summed E-state index contributed by atoms with van der Waals surface area (Å²) in [5.41, 5.74) is 2.03. The molecule has 0 saturated heterocycles. The number of rotatable bonds is 11. The number of halogens is 1. The van der Waals surface area contributed by atoms with Crippen molar-refractivity contribution in [2.45, 2.75) is 51.2 Å². The van der Waals surface area contributed by atoms with Crippen LogP contribution in [0.25, 0.3) is 0 Å². The highest BCUT2D eigenvalue weighted by Crippen LogP contribution is 2.26. The number of sulfonamides is 1. The van der Waals surface area contributed by atoms with E-state index in [0.717, 1.165) is 15.4 Å². The molecule has 0 saturated carbocycles. The Morgan fingerprint density at radius 2 is 1.51 bits per heavy atom. The van der Waals surface area contributed by atoms with Crippen LogP contribution in [0.4, 0.5) is 5.69 Å². The first-order valence-electron chi connectivity index (χ1n) is 12.5. The zero-order valence-electron chi connectivity index (χ0n) is 22.7. The third kappa shape index (κ3) is 7.74. The van der Waals surface area contributed by atoms with Crippen molar-refractivity contribution in [2.24, 2.45) is 0 Å². The number of methoxy groups -OCH3 is 1. The maximum Gasteiger partial charge on any atom is 0.264 e. The number of amides is 2. The Morgan fingerprint density at radius 3 is 2.05 bits per heavy atom. The van der Waals surface area contributed by atoms with Crippen LogP contribution in [-0.2, 0) is 26.2 Å². The van der Waals surface area contributed by atoms with Gasteiger partial charge < -0.3 is 15.0 Å². The van der Waals surface area contributed by atoms with Gasteiger partial charge in [-0.05, 0) is 81.8 Å². The molecule has 0 radical (unpaired) electrons. The van der Waals surface area contributed by atoms with Gasteiger partial charge in [0.15, 0.2) is 0 Å². The molecule has 3 aromatic carbocycles. The van der Waals surface area contributed by atoms with E-state index in [4.69, 9.17) is 16.3 Å². The van der Waals surface area contributed by atoms with E-state index < -0.39 is 28.5 Å². The predicted octanol–water partition coefficient (Wildman–Crippen LogP) is 4.79. The molecular formula is C29H34ClN3O5S. The zero-order valence-corrected chi connectivity index (χ0v) is 24.3. The van der Waals surface area contributed by atoms with Gasteiger partial charge in [-0.2, -0.15) is 0 Å². The van der Waals surface area contributed by atoms with Gasteiger partial charge in [-0.3, -0.25) is 13.9 Å². The highest BCUT2D eigenvalue weighted by atomic mass is 35.5. The summed E-state index contributed by atoms with van der Waals surface area (Å²) in [4.78, 5) is 28.2. The number of carbonyl (C=O) groups excluding carboxylic acids is 2. The monoisotopic (exact) mass is 571 g/mol. The summed E-state index contributed by atoms with van der Waals surface area (Å²) in [5.74, 6) is -0.216. The summed E-state index contributed by atoms with van der Waals surface area (Å²) in [6.45, 7) is 6.76. The molecule has 3 rings (SSSR count). The van der Waals surface area contributed by atoms with Gasteiger partial charge in [-0.25, -0.2) is 8.42 Å². The fourth-order valence-electron chi connectivity index (χ4n) is 3.89. The lowest BCUT2D eigenvalue weighted by Gasteiger charge is -2.32. The minimum Gasteiger partial charge on any atom is -0.497 e. The summed E-state index contributed by atoms with van der Waals surface area (Å²) in [6.07, 6.45) is 0. The first-order valence-corrected chi connectivity index (χ1v) is 14.3. The lowest BCUT2D eigenvalue weighted by atomic mass is 10.1. The fourth-order valence-corrected chi connectivity index (χ4v) is 5.43. The van der Waals surface area contributed by atoms with Crippen LogP contribution in [-0.4, -0.2) is 50.9 Å². The number of anilines is 1. The maximum absolute atomic E-state index is 13.9. The Morgan fingerprint density at radius 1 is 0.923 bits per heavy atom. The van der Waals surface area contributed by atoms with Crippen molar-refractivity contribution in [3.8, 4) is 5.75 Å². The lowest BCUT2D eigenvalue weighted by Crippen LogP contribution is -2.52. The van der Waals surface area contributed by atoms with E-state index in [1.54, 1.807) is 62.6 Å². The summed E-state index contributed by atoms with van der Waals surface area (Å²) in [6, 6.07) is 18.8. The Kier molecular flexibility index (Phi) is 9.99. The molecule has 0 aromatic heterocycles. The van der Waals surface area contributed by atoms with Gasteiger partial charge in [-0.1, -0.05) is 41.4 Å². The van der Waals surface area contributed by atoms with Crippen molar-refractivity contribution in [3.05, 3.63) is 88.9 Å². The molecule has 10 heteroatoms. The van der Waals surface area contributed by atoms with Crippen molar-refractivity contribution < 1.29 is 22.7 Å². The van der Waals surface area contributed by atoms with E-state index in [-0.39, 0.29) is 23.4 Å². The molecule has 0 fully saturated rings. The summed E-state index contributed by atoms with van der Waals surface area (Å²) >= 11 is 5.98. The van der Waals surface area contributed by atoms with E-state index >= 15 is 0 Å². The van der Waals surface area contributed by atoms with Crippen molar-refractivity contribution in [3.63, 3.8) is 0 Å². The molecule has 0 unspecified atom stereocenters. The van der Waals surface area contributed by atoms with Crippen molar-refractivity contribution in [2.75, 3.05) is 18.0 Å². The van der Waals surface area contributed by atoms with E-state index in [1.165, 1.54) is 29.2 Å². The van der Waals surface area contributed by atoms with Crippen LogP contribution in [0.5, 0.6) is 5.75 Å². The first kappa shape index (κ1) is 30.0. The second-order valence-electron chi connectivity index (χ2n) is 9.51. The van der Waals surface area contributed by atoms with Gasteiger partial charge in [0.05, 0.1) is 17.7 Å². The van der Waals surface area contributed by atoms with E-state index in [0.29, 0.717) is 16.5 Å². The standard InChI is InChI=1S/C29H34ClN3O5S/c1-20(2)31-29(35)22(4)32(18-23-8-14-26(38-5)15-9-23)28(34)19-33(25-12-6-21(3)7-13-25)39(36,37)27-16-10-24(30)11-17-27/h6-17,20,22H,18-19H2,1-5H3,(H,31,35)/t22-/m0/s1. The highest BCUT2D eigenvalue weighted by molar-refractivity contribution is 7.92. The normalized spacial score (nSPS) is 12.1. The van der Waals surface area contributed by atoms with Crippen LogP contribution in [0.3, 0.4) is 0 Å². The molecule has 0 aliphatic carbocycles. The largest absolute Gasteiger partial charge is 0.497 e. The second-order valence-corrected chi connectivity index (χ2v) is 11.8. The molecule has 0 aliphatic heterocycles. The van der Waals surface area contributed by atoms with Crippen LogP contribution in [0.1, 0.15) is 31.9 Å². The van der Waals surface area contributed by atoms with Crippen molar-refractivity contribution in [1.29, 1.82) is 0 Å². The summed E-state index contributed by atoms with van der Waals surface area (Å²) < 4.78 is 33.9.